The molecule has 0 unspecified atom stereocenters. The molecule has 0 saturated heterocycles. The molecular weight excluding hydrogens is 224 g/mol. The summed E-state index contributed by atoms with van der Waals surface area (Å²) < 4.78 is 5.03. The quantitative estimate of drug-likeness (QED) is 0.404. The van der Waals surface area contributed by atoms with E-state index in [0.29, 0.717) is 12.3 Å². The van der Waals surface area contributed by atoms with E-state index in [0.717, 1.165) is 18.4 Å². The predicted molar refractivity (Wildman–Crippen MR) is 74.9 cm³/mol. The Morgan fingerprint density at radius 3 is 2.61 bits per heavy atom. The van der Waals surface area contributed by atoms with E-state index in [1.165, 1.54) is 12.7 Å². The number of carbonyl (C=O) groups is 1. The van der Waals surface area contributed by atoms with Crippen LogP contribution in [0.15, 0.2) is 36.6 Å². The second-order valence-electron chi connectivity index (χ2n) is 4.84. The molecule has 2 heteroatoms. The molecule has 0 aliphatic rings. The van der Waals surface area contributed by atoms with Gasteiger partial charge in [-0.15, -0.1) is 0 Å². The Bertz CT molecular complexity index is 366. The summed E-state index contributed by atoms with van der Waals surface area (Å²) in [5, 5.41) is 0. The molecule has 0 spiro atoms. The van der Waals surface area contributed by atoms with Crippen molar-refractivity contribution in [1.29, 1.82) is 0 Å². The monoisotopic (exact) mass is 246 g/mol. The number of hydrogen-bond acceptors (Lipinski definition) is 2. The number of ether oxygens (including phenoxy) is 1. The van der Waals surface area contributed by atoms with Gasteiger partial charge in [-0.2, -0.15) is 0 Å². The van der Waals surface area contributed by atoms with Gasteiger partial charge in [-0.1, -0.05) is 57.0 Å². The Labute approximate surface area is 110 Å². The highest BCUT2D eigenvalue weighted by atomic mass is 16.5. The Hall–Kier alpha value is -1.57. The Balaban J connectivity index is 2.15. The van der Waals surface area contributed by atoms with Crippen LogP contribution in [0.4, 0.5) is 0 Å². The van der Waals surface area contributed by atoms with Crippen LogP contribution in [0.25, 0.3) is 6.08 Å². The average Bonchev–Trinajstić information content (AvgIpc) is 2.36. The van der Waals surface area contributed by atoms with Crippen molar-refractivity contribution in [3.8, 4) is 0 Å². The van der Waals surface area contributed by atoms with Gasteiger partial charge in [0.1, 0.15) is 0 Å². The molecule has 2 nitrogen and oxygen atoms in total. The van der Waals surface area contributed by atoms with Gasteiger partial charge in [-0.05, 0) is 24.0 Å². The maximum Gasteiger partial charge on any atom is 0.310 e. The fourth-order valence-corrected chi connectivity index (χ4v) is 1.63. The summed E-state index contributed by atoms with van der Waals surface area (Å²) in [6.07, 6.45) is 6.95. The summed E-state index contributed by atoms with van der Waals surface area (Å²) in [6.45, 7) is 4.39. The van der Waals surface area contributed by atoms with Crippen molar-refractivity contribution in [2.45, 2.75) is 39.5 Å². The minimum atomic E-state index is -0.147. The highest BCUT2D eigenvalue weighted by molar-refractivity contribution is 5.70. The van der Waals surface area contributed by atoms with Gasteiger partial charge in [0.2, 0.25) is 0 Å². The fraction of sp³-hybridized carbons (Fsp3) is 0.438. The number of carbonyl (C=O) groups excluding carboxylic acids is 1. The van der Waals surface area contributed by atoms with Gasteiger partial charge in [-0.25, -0.2) is 0 Å². The Morgan fingerprint density at radius 2 is 1.94 bits per heavy atom. The van der Waals surface area contributed by atoms with E-state index in [4.69, 9.17) is 4.74 Å². The normalized spacial score (nSPS) is 11.1. The first-order chi connectivity index (χ1) is 8.68. The summed E-state index contributed by atoms with van der Waals surface area (Å²) in [7, 11) is 0. The third-order valence-electron chi connectivity index (χ3n) is 2.67. The van der Waals surface area contributed by atoms with E-state index in [-0.39, 0.29) is 5.97 Å². The van der Waals surface area contributed by atoms with E-state index in [1.54, 1.807) is 6.08 Å². The highest BCUT2D eigenvalue weighted by Gasteiger charge is 2.01. The maximum absolute atomic E-state index is 11.4. The van der Waals surface area contributed by atoms with Crippen molar-refractivity contribution in [2.75, 3.05) is 0 Å². The van der Waals surface area contributed by atoms with Crippen LogP contribution in [0.5, 0.6) is 0 Å². The number of esters is 1. The summed E-state index contributed by atoms with van der Waals surface area (Å²) in [4.78, 5) is 11.4. The number of rotatable bonds is 7. The molecule has 0 aliphatic heterocycles. The van der Waals surface area contributed by atoms with Gasteiger partial charge in [0.05, 0.1) is 6.26 Å². The molecule has 0 amide bonds. The lowest BCUT2D eigenvalue weighted by Gasteiger charge is -2.03. The molecule has 1 rings (SSSR count). The number of unbranched alkanes of at least 4 members (excludes halogenated alkanes) is 1. The van der Waals surface area contributed by atoms with Gasteiger partial charge in [0.15, 0.2) is 0 Å². The first-order valence-corrected chi connectivity index (χ1v) is 6.59. The Morgan fingerprint density at radius 1 is 1.22 bits per heavy atom. The second kappa shape index (κ2) is 8.51. The molecule has 98 valence electrons. The third kappa shape index (κ3) is 6.89. The topological polar surface area (TPSA) is 26.3 Å². The minimum Gasteiger partial charge on any atom is -0.434 e. The molecule has 0 N–H and O–H groups in total. The SMILES string of the molecule is CC(C)CCCCC(=O)OC=Cc1ccccc1. The van der Waals surface area contributed by atoms with E-state index < -0.39 is 0 Å². The zero-order valence-electron chi connectivity index (χ0n) is 11.3. The van der Waals surface area contributed by atoms with Gasteiger partial charge < -0.3 is 4.74 Å². The summed E-state index contributed by atoms with van der Waals surface area (Å²) in [6, 6.07) is 9.79. The van der Waals surface area contributed by atoms with E-state index >= 15 is 0 Å². The van der Waals surface area contributed by atoms with Crippen LogP contribution in [0, 0.1) is 5.92 Å². The average molecular weight is 246 g/mol. The minimum absolute atomic E-state index is 0.147. The summed E-state index contributed by atoms with van der Waals surface area (Å²) >= 11 is 0. The molecule has 0 aliphatic carbocycles. The molecule has 0 bridgehead atoms. The molecule has 0 aromatic heterocycles. The first kappa shape index (κ1) is 14.5. The number of benzene rings is 1. The molecule has 0 saturated carbocycles. The van der Waals surface area contributed by atoms with Crippen LogP contribution in [0.2, 0.25) is 0 Å². The van der Waals surface area contributed by atoms with E-state index in [1.807, 2.05) is 30.3 Å². The highest BCUT2D eigenvalue weighted by Crippen LogP contribution is 2.09. The molecule has 0 heterocycles. The molecule has 1 aromatic carbocycles. The van der Waals surface area contributed by atoms with Gasteiger partial charge in [0, 0.05) is 6.42 Å². The fourth-order valence-electron chi connectivity index (χ4n) is 1.63. The second-order valence-corrected chi connectivity index (χ2v) is 4.84. The molecule has 0 radical (unpaired) electrons. The van der Waals surface area contributed by atoms with Crippen molar-refractivity contribution in [1.82, 2.24) is 0 Å². The van der Waals surface area contributed by atoms with Crippen molar-refractivity contribution >= 4 is 12.0 Å². The third-order valence-corrected chi connectivity index (χ3v) is 2.67. The molecule has 18 heavy (non-hydrogen) atoms. The smallest absolute Gasteiger partial charge is 0.310 e. The largest absolute Gasteiger partial charge is 0.434 e. The van der Waals surface area contributed by atoms with Crippen LogP contribution in [0.1, 0.15) is 45.1 Å². The van der Waals surface area contributed by atoms with Crippen molar-refractivity contribution in [2.24, 2.45) is 5.92 Å². The van der Waals surface area contributed by atoms with Gasteiger partial charge in [-0.3, -0.25) is 4.79 Å². The van der Waals surface area contributed by atoms with Crippen LogP contribution in [-0.4, -0.2) is 5.97 Å². The van der Waals surface area contributed by atoms with Crippen LogP contribution in [-0.2, 0) is 9.53 Å². The maximum atomic E-state index is 11.4. The lowest BCUT2D eigenvalue weighted by molar-refractivity contribution is -0.138. The Kier molecular flexibility index (Phi) is 6.85. The van der Waals surface area contributed by atoms with Crippen molar-refractivity contribution < 1.29 is 9.53 Å². The summed E-state index contributed by atoms with van der Waals surface area (Å²) in [5.41, 5.74) is 1.03. The first-order valence-electron chi connectivity index (χ1n) is 6.59. The van der Waals surface area contributed by atoms with E-state index in [9.17, 15) is 4.79 Å². The molecule has 0 fully saturated rings. The van der Waals surface area contributed by atoms with Crippen LogP contribution >= 0.6 is 0 Å². The lowest BCUT2D eigenvalue weighted by atomic mass is 10.1. The molecule has 0 atom stereocenters. The van der Waals surface area contributed by atoms with Crippen LogP contribution in [0.3, 0.4) is 0 Å². The molecular formula is C16H22O2. The zero-order chi connectivity index (χ0) is 13.2. The van der Waals surface area contributed by atoms with Gasteiger partial charge in [0.25, 0.3) is 0 Å². The summed E-state index contributed by atoms with van der Waals surface area (Å²) in [5.74, 6) is 0.560. The standard InChI is InChI=1S/C16H22O2/c1-14(2)8-6-7-11-16(17)18-13-12-15-9-4-3-5-10-15/h3-5,9-10,12-14H,6-8,11H2,1-2H3. The lowest BCUT2D eigenvalue weighted by Crippen LogP contribution is -1.99. The number of hydrogen-bond donors (Lipinski definition) is 0. The van der Waals surface area contributed by atoms with Gasteiger partial charge >= 0.3 is 5.97 Å². The van der Waals surface area contributed by atoms with E-state index in [2.05, 4.69) is 13.8 Å². The van der Waals surface area contributed by atoms with Crippen molar-refractivity contribution in [3.63, 3.8) is 0 Å². The van der Waals surface area contributed by atoms with Crippen molar-refractivity contribution in [3.05, 3.63) is 42.2 Å². The molecule has 1 aromatic rings. The zero-order valence-corrected chi connectivity index (χ0v) is 11.3. The predicted octanol–water partition coefficient (Wildman–Crippen LogP) is 4.42. The van der Waals surface area contributed by atoms with Crippen LogP contribution < -0.4 is 0 Å².